The van der Waals surface area contributed by atoms with E-state index >= 15 is 0 Å². The molecule has 1 nitrogen and oxygen atoms in total. The van der Waals surface area contributed by atoms with Crippen molar-refractivity contribution in [3.05, 3.63) is 59.7 Å². The van der Waals surface area contributed by atoms with Crippen LogP contribution in [0.5, 0.6) is 0 Å². The van der Waals surface area contributed by atoms with E-state index in [1.54, 1.807) is 0 Å². The van der Waals surface area contributed by atoms with Crippen LogP contribution in [-0.4, -0.2) is 6.04 Å². The van der Waals surface area contributed by atoms with Gasteiger partial charge in [-0.2, -0.15) is 0 Å². The summed E-state index contributed by atoms with van der Waals surface area (Å²) in [6, 6.07) is 10.0. The molecule has 0 bridgehead atoms. The molecule has 18 heavy (non-hydrogen) atoms. The van der Waals surface area contributed by atoms with E-state index in [0.29, 0.717) is 12.1 Å². The predicted molar refractivity (Wildman–Crippen MR) is 77.5 cm³/mol. The van der Waals surface area contributed by atoms with Crippen LogP contribution in [0.15, 0.2) is 48.6 Å². The fourth-order valence-corrected chi connectivity index (χ4v) is 3.01. The van der Waals surface area contributed by atoms with Gasteiger partial charge in [0.1, 0.15) is 6.04 Å². The summed E-state index contributed by atoms with van der Waals surface area (Å²) in [4.78, 5) is 0. The van der Waals surface area contributed by atoms with E-state index in [2.05, 4.69) is 56.6 Å². The number of fused-ring (bicyclic) bond motifs is 1. The Hall–Kier alpha value is -1.34. The van der Waals surface area contributed by atoms with Gasteiger partial charge < -0.3 is 5.32 Å². The van der Waals surface area contributed by atoms with Crippen LogP contribution in [0.3, 0.4) is 0 Å². The summed E-state index contributed by atoms with van der Waals surface area (Å²) in [5.41, 5.74) is 5.56. The highest BCUT2D eigenvalue weighted by Gasteiger charge is 2.29. The first-order valence-electron chi connectivity index (χ1n) is 6.78. The van der Waals surface area contributed by atoms with Crippen molar-refractivity contribution in [1.29, 1.82) is 0 Å². The van der Waals surface area contributed by atoms with Gasteiger partial charge >= 0.3 is 0 Å². The van der Waals surface area contributed by atoms with Gasteiger partial charge in [-0.15, -0.1) is 0 Å². The minimum absolute atomic E-state index is 0.539. The van der Waals surface area contributed by atoms with Gasteiger partial charge in [-0.1, -0.05) is 48.6 Å². The molecule has 1 aliphatic heterocycles. The molecule has 1 aromatic rings. The lowest BCUT2D eigenvalue weighted by Gasteiger charge is -2.30. The third-order valence-electron chi connectivity index (χ3n) is 3.62. The van der Waals surface area contributed by atoms with Crippen LogP contribution in [0.4, 0.5) is 0 Å². The van der Waals surface area contributed by atoms with Crippen LogP contribution < -0.4 is 5.32 Å². The Morgan fingerprint density at radius 1 is 1.17 bits per heavy atom. The number of hydrogen-bond donors (Lipinski definition) is 1. The van der Waals surface area contributed by atoms with E-state index in [1.807, 2.05) is 0 Å². The third-order valence-corrected chi connectivity index (χ3v) is 3.62. The summed E-state index contributed by atoms with van der Waals surface area (Å²) in [7, 11) is 0. The van der Waals surface area contributed by atoms with Gasteiger partial charge in [0.2, 0.25) is 0 Å². The van der Waals surface area contributed by atoms with Crippen LogP contribution in [0.25, 0.3) is 0 Å². The van der Waals surface area contributed by atoms with Gasteiger partial charge in [-0.05, 0) is 19.4 Å². The van der Waals surface area contributed by atoms with Crippen molar-refractivity contribution in [3.63, 3.8) is 0 Å². The largest absolute Gasteiger partial charge is 0.337 e. The van der Waals surface area contributed by atoms with E-state index in [1.165, 1.54) is 22.3 Å². The molecule has 0 aromatic heterocycles. The molecule has 1 heterocycles. The first-order valence-corrected chi connectivity index (χ1v) is 6.78. The molecule has 1 heteroatoms. The lowest BCUT2D eigenvalue weighted by molar-refractivity contribution is -0.730. The topological polar surface area (TPSA) is 16.6 Å². The highest BCUT2D eigenvalue weighted by Crippen LogP contribution is 2.26. The first-order chi connectivity index (χ1) is 8.56. The Morgan fingerprint density at radius 3 is 2.50 bits per heavy atom. The molecule has 96 valence electrons. The molecule has 0 fully saturated rings. The average molecular weight is 242 g/mol. The summed E-state index contributed by atoms with van der Waals surface area (Å²) >= 11 is 0. The molecular formula is C17H24N+. The second-order valence-electron chi connectivity index (χ2n) is 5.78. The summed E-state index contributed by atoms with van der Waals surface area (Å²) in [5.74, 6) is 0. The van der Waals surface area contributed by atoms with Crippen LogP contribution in [-0.2, 0) is 6.42 Å². The molecule has 0 saturated heterocycles. The van der Waals surface area contributed by atoms with Crippen molar-refractivity contribution >= 4 is 0 Å². The zero-order chi connectivity index (χ0) is 13.1. The third kappa shape index (κ3) is 3.11. The van der Waals surface area contributed by atoms with Crippen molar-refractivity contribution in [2.24, 2.45) is 0 Å². The van der Waals surface area contributed by atoms with Crippen LogP contribution in [0, 0.1) is 0 Å². The molecule has 0 spiro atoms. The summed E-state index contributed by atoms with van der Waals surface area (Å²) in [6.07, 6.45) is 3.35. The Kier molecular flexibility index (Phi) is 4.03. The molecule has 0 amide bonds. The van der Waals surface area contributed by atoms with Crippen molar-refractivity contribution in [2.75, 3.05) is 0 Å². The predicted octanol–water partition coefficient (Wildman–Crippen LogP) is 3.15. The number of nitrogens with two attached hydrogens (primary N) is 1. The molecule has 1 aromatic carbocycles. The van der Waals surface area contributed by atoms with Gasteiger partial charge in [-0.25, -0.2) is 0 Å². The zero-order valence-electron chi connectivity index (χ0n) is 11.6. The van der Waals surface area contributed by atoms with Crippen LogP contribution in [0.1, 0.15) is 43.9 Å². The summed E-state index contributed by atoms with van der Waals surface area (Å²) in [5, 5.41) is 2.52. The van der Waals surface area contributed by atoms with Gasteiger partial charge in [-0.3, -0.25) is 0 Å². The van der Waals surface area contributed by atoms with E-state index in [4.69, 9.17) is 0 Å². The molecule has 0 unspecified atom stereocenters. The highest BCUT2D eigenvalue weighted by atomic mass is 15.0. The number of benzene rings is 1. The van der Waals surface area contributed by atoms with Crippen molar-refractivity contribution < 1.29 is 5.32 Å². The summed E-state index contributed by atoms with van der Waals surface area (Å²) < 4.78 is 0. The SMILES string of the molecule is C=C(C)C[C@@H]1Cc2ccccc2[C@H](CC(=C)C)[NH2+]1. The van der Waals surface area contributed by atoms with E-state index in [-0.39, 0.29) is 0 Å². The maximum Gasteiger partial charge on any atom is 0.116 e. The molecular weight excluding hydrogens is 218 g/mol. The Bertz CT molecular complexity index is 458. The molecule has 0 aliphatic carbocycles. The lowest BCUT2D eigenvalue weighted by Crippen LogP contribution is -2.92. The van der Waals surface area contributed by atoms with E-state index in [0.717, 1.165) is 19.3 Å². The quantitative estimate of drug-likeness (QED) is 0.781. The first kappa shape index (κ1) is 13.1. The smallest absolute Gasteiger partial charge is 0.116 e. The number of quaternary nitrogens is 1. The summed E-state index contributed by atoms with van der Waals surface area (Å²) in [6.45, 7) is 12.4. The van der Waals surface area contributed by atoms with Crippen molar-refractivity contribution in [1.82, 2.24) is 0 Å². The van der Waals surface area contributed by atoms with Crippen molar-refractivity contribution in [3.8, 4) is 0 Å². The minimum Gasteiger partial charge on any atom is -0.337 e. The molecule has 2 atom stereocenters. The maximum absolute atomic E-state index is 4.07. The number of rotatable bonds is 4. The minimum atomic E-state index is 0.539. The normalized spacial score (nSPS) is 22.3. The van der Waals surface area contributed by atoms with Crippen LogP contribution in [0.2, 0.25) is 0 Å². The average Bonchev–Trinajstić information content (AvgIpc) is 2.27. The molecule has 2 rings (SSSR count). The lowest BCUT2D eigenvalue weighted by atomic mass is 9.86. The Labute approximate surface area is 111 Å². The fourth-order valence-electron chi connectivity index (χ4n) is 3.01. The van der Waals surface area contributed by atoms with Gasteiger partial charge in [0.25, 0.3) is 0 Å². The molecule has 0 radical (unpaired) electrons. The van der Waals surface area contributed by atoms with E-state index in [9.17, 15) is 0 Å². The monoisotopic (exact) mass is 242 g/mol. The molecule has 1 aliphatic rings. The second-order valence-corrected chi connectivity index (χ2v) is 5.78. The van der Waals surface area contributed by atoms with E-state index < -0.39 is 0 Å². The van der Waals surface area contributed by atoms with Gasteiger partial charge in [0, 0.05) is 24.8 Å². The second kappa shape index (κ2) is 5.53. The van der Waals surface area contributed by atoms with Crippen LogP contribution >= 0.6 is 0 Å². The number of hydrogen-bond acceptors (Lipinski definition) is 0. The highest BCUT2D eigenvalue weighted by molar-refractivity contribution is 5.31. The van der Waals surface area contributed by atoms with Crippen molar-refractivity contribution in [2.45, 2.75) is 45.2 Å². The van der Waals surface area contributed by atoms with Gasteiger partial charge in [0.15, 0.2) is 0 Å². The molecule has 0 saturated carbocycles. The Balaban J connectivity index is 2.23. The van der Waals surface area contributed by atoms with Gasteiger partial charge in [0.05, 0.1) is 6.04 Å². The standard InChI is InChI=1S/C17H23N/c1-12(2)9-15-11-14-7-5-6-8-16(14)17(18-15)10-13(3)4/h5-8,15,17-18H,1,3,9-11H2,2,4H3/p+1/t15-,17+/m1/s1. The Morgan fingerprint density at radius 2 is 1.83 bits per heavy atom. The molecule has 2 N–H and O–H groups in total. The zero-order valence-corrected chi connectivity index (χ0v) is 11.6. The fraction of sp³-hybridized carbons (Fsp3) is 0.412. The maximum atomic E-state index is 4.07.